The van der Waals surface area contributed by atoms with Gasteiger partial charge in [0.25, 0.3) is 0 Å². The van der Waals surface area contributed by atoms with Crippen molar-refractivity contribution in [2.75, 3.05) is 0 Å². The fourth-order valence-corrected chi connectivity index (χ4v) is 3.57. The molecule has 3 N–H and O–H groups in total. The van der Waals surface area contributed by atoms with Crippen LogP contribution in [0.25, 0.3) is 0 Å². The molecule has 0 aromatic heterocycles. The van der Waals surface area contributed by atoms with Crippen molar-refractivity contribution in [1.29, 1.82) is 0 Å². The number of carboxylic acids is 1. The Labute approximate surface area is 131 Å². The van der Waals surface area contributed by atoms with Crippen LogP contribution in [0.15, 0.2) is 0 Å². The molecule has 0 bridgehead atoms. The van der Waals surface area contributed by atoms with Gasteiger partial charge in [0, 0.05) is 24.4 Å². The highest BCUT2D eigenvalue weighted by atomic mass is 16.4. The van der Waals surface area contributed by atoms with E-state index in [9.17, 15) is 14.4 Å². The van der Waals surface area contributed by atoms with E-state index in [4.69, 9.17) is 5.11 Å². The molecule has 6 heteroatoms. The maximum absolute atomic E-state index is 12.0. The Bertz CT molecular complexity index is 432. The van der Waals surface area contributed by atoms with Crippen molar-refractivity contribution in [3.63, 3.8) is 0 Å². The summed E-state index contributed by atoms with van der Waals surface area (Å²) >= 11 is 0. The van der Waals surface area contributed by atoms with E-state index >= 15 is 0 Å². The highest BCUT2D eigenvalue weighted by molar-refractivity contribution is 5.82. The van der Waals surface area contributed by atoms with Crippen LogP contribution in [0.4, 0.5) is 0 Å². The van der Waals surface area contributed by atoms with E-state index in [1.807, 2.05) is 6.92 Å². The van der Waals surface area contributed by atoms with Gasteiger partial charge < -0.3 is 15.7 Å². The molecule has 22 heavy (non-hydrogen) atoms. The van der Waals surface area contributed by atoms with Gasteiger partial charge in [-0.05, 0) is 32.6 Å². The van der Waals surface area contributed by atoms with Gasteiger partial charge in [0.1, 0.15) is 0 Å². The molecule has 0 aliphatic heterocycles. The molecule has 0 radical (unpaired) electrons. The minimum atomic E-state index is -0.842. The molecule has 6 nitrogen and oxygen atoms in total. The van der Waals surface area contributed by atoms with Crippen LogP contribution in [0, 0.1) is 11.8 Å². The molecular weight excluding hydrogens is 284 g/mol. The molecule has 2 amide bonds. The highest BCUT2D eigenvalue weighted by Crippen LogP contribution is 2.26. The van der Waals surface area contributed by atoms with Crippen LogP contribution in [0.3, 0.4) is 0 Å². The monoisotopic (exact) mass is 310 g/mol. The second-order valence-electron chi connectivity index (χ2n) is 6.64. The Morgan fingerprint density at radius 2 is 1.77 bits per heavy atom. The van der Waals surface area contributed by atoms with Crippen molar-refractivity contribution in [3.05, 3.63) is 0 Å². The van der Waals surface area contributed by atoms with Crippen LogP contribution in [-0.2, 0) is 14.4 Å². The third kappa shape index (κ3) is 4.45. The Hall–Kier alpha value is -1.59. The van der Waals surface area contributed by atoms with Crippen molar-refractivity contribution >= 4 is 17.8 Å². The van der Waals surface area contributed by atoms with Gasteiger partial charge >= 0.3 is 5.97 Å². The lowest BCUT2D eigenvalue weighted by molar-refractivity contribution is -0.142. The van der Waals surface area contributed by atoms with E-state index in [0.29, 0.717) is 12.8 Å². The van der Waals surface area contributed by atoms with Crippen molar-refractivity contribution in [2.45, 2.75) is 70.4 Å². The van der Waals surface area contributed by atoms with Gasteiger partial charge in [0.15, 0.2) is 0 Å². The summed E-state index contributed by atoms with van der Waals surface area (Å²) in [6, 6.07) is -0.500. The molecule has 124 valence electrons. The van der Waals surface area contributed by atoms with Crippen molar-refractivity contribution in [1.82, 2.24) is 10.6 Å². The minimum Gasteiger partial charge on any atom is -0.481 e. The molecule has 2 aliphatic carbocycles. The fourth-order valence-electron chi connectivity index (χ4n) is 3.57. The van der Waals surface area contributed by atoms with E-state index in [-0.39, 0.29) is 36.2 Å². The third-order valence-corrected chi connectivity index (χ3v) is 4.79. The zero-order valence-electron chi connectivity index (χ0n) is 13.1. The summed E-state index contributed by atoms with van der Waals surface area (Å²) in [7, 11) is 0. The number of carbonyl (C=O) groups excluding carboxylic acids is 2. The maximum atomic E-state index is 12.0. The standard InChI is InChI=1S/C16H26N2O4/c1-10(17-15(20)11-5-2-3-6-11)9-14(19)18-13-8-4-7-12(13)16(21)22/h10-13H,2-9H2,1H3,(H,17,20)(H,18,19)(H,21,22)/t10?,12-,13+/m0/s1. The second kappa shape index (κ2) is 7.61. The third-order valence-electron chi connectivity index (χ3n) is 4.79. The number of rotatable bonds is 6. The Morgan fingerprint density at radius 3 is 2.41 bits per heavy atom. The van der Waals surface area contributed by atoms with E-state index in [0.717, 1.165) is 32.1 Å². The summed E-state index contributed by atoms with van der Waals surface area (Å²) in [5.41, 5.74) is 0. The van der Waals surface area contributed by atoms with Gasteiger partial charge in [-0.2, -0.15) is 0 Å². The first kappa shape index (κ1) is 16.8. The summed E-state index contributed by atoms with van der Waals surface area (Å²) in [6.07, 6.45) is 6.44. The number of hydrogen-bond donors (Lipinski definition) is 3. The summed E-state index contributed by atoms with van der Waals surface area (Å²) in [6.45, 7) is 1.82. The van der Waals surface area contributed by atoms with E-state index < -0.39 is 11.9 Å². The lowest BCUT2D eigenvalue weighted by Crippen LogP contribution is -2.44. The van der Waals surface area contributed by atoms with Crippen molar-refractivity contribution in [2.24, 2.45) is 11.8 Å². The van der Waals surface area contributed by atoms with Crippen molar-refractivity contribution in [3.8, 4) is 0 Å². The van der Waals surface area contributed by atoms with Gasteiger partial charge in [-0.1, -0.05) is 19.3 Å². The number of aliphatic carboxylic acids is 1. The first-order chi connectivity index (χ1) is 10.5. The smallest absolute Gasteiger partial charge is 0.308 e. The number of nitrogens with one attached hydrogen (secondary N) is 2. The molecule has 0 heterocycles. The van der Waals surface area contributed by atoms with Gasteiger partial charge in [0.05, 0.1) is 5.92 Å². The average molecular weight is 310 g/mol. The fraction of sp³-hybridized carbons (Fsp3) is 0.812. The topological polar surface area (TPSA) is 95.5 Å². The summed E-state index contributed by atoms with van der Waals surface area (Å²) in [4.78, 5) is 35.1. The van der Waals surface area contributed by atoms with Gasteiger partial charge in [-0.15, -0.1) is 0 Å². The van der Waals surface area contributed by atoms with Crippen LogP contribution in [0.1, 0.15) is 58.3 Å². The van der Waals surface area contributed by atoms with Crippen LogP contribution in [0.5, 0.6) is 0 Å². The molecule has 0 aromatic carbocycles. The molecule has 0 saturated heterocycles. The normalized spacial score (nSPS) is 26.6. The molecule has 2 aliphatic rings. The number of carboxylic acid groups (broad SMARTS) is 1. The number of amides is 2. The van der Waals surface area contributed by atoms with E-state index in [1.54, 1.807) is 0 Å². The molecule has 0 spiro atoms. The van der Waals surface area contributed by atoms with E-state index in [2.05, 4.69) is 10.6 Å². The summed E-state index contributed by atoms with van der Waals surface area (Å²) in [5, 5.41) is 14.8. The van der Waals surface area contributed by atoms with E-state index in [1.165, 1.54) is 0 Å². The van der Waals surface area contributed by atoms with Crippen LogP contribution < -0.4 is 10.6 Å². The Morgan fingerprint density at radius 1 is 1.09 bits per heavy atom. The molecule has 2 rings (SSSR count). The molecular formula is C16H26N2O4. The minimum absolute atomic E-state index is 0.0436. The Kier molecular flexibility index (Phi) is 5.80. The first-order valence-corrected chi connectivity index (χ1v) is 8.30. The average Bonchev–Trinajstić information content (AvgIpc) is 3.08. The van der Waals surface area contributed by atoms with Crippen LogP contribution in [-0.4, -0.2) is 35.0 Å². The zero-order chi connectivity index (χ0) is 16.1. The van der Waals surface area contributed by atoms with Gasteiger partial charge in [-0.3, -0.25) is 14.4 Å². The predicted octanol–water partition coefficient (Wildman–Crippen LogP) is 1.44. The quantitative estimate of drug-likeness (QED) is 0.692. The second-order valence-corrected chi connectivity index (χ2v) is 6.64. The first-order valence-electron chi connectivity index (χ1n) is 8.30. The van der Waals surface area contributed by atoms with Crippen LogP contribution >= 0.6 is 0 Å². The SMILES string of the molecule is CC(CC(=O)N[C@@H]1CCC[C@@H]1C(=O)O)NC(=O)C1CCCC1. The molecule has 2 fully saturated rings. The number of hydrogen-bond acceptors (Lipinski definition) is 3. The number of carbonyl (C=O) groups is 3. The molecule has 1 unspecified atom stereocenters. The molecule has 2 saturated carbocycles. The molecule has 0 aromatic rings. The largest absolute Gasteiger partial charge is 0.481 e. The lowest BCUT2D eigenvalue weighted by atomic mass is 10.0. The summed E-state index contributed by atoms with van der Waals surface area (Å²) in [5.74, 6) is -1.37. The predicted molar refractivity (Wildman–Crippen MR) is 81.1 cm³/mol. The van der Waals surface area contributed by atoms with Gasteiger partial charge in [0.2, 0.25) is 11.8 Å². The maximum Gasteiger partial charge on any atom is 0.308 e. The molecule has 3 atom stereocenters. The highest BCUT2D eigenvalue weighted by Gasteiger charge is 2.34. The van der Waals surface area contributed by atoms with Gasteiger partial charge in [-0.25, -0.2) is 0 Å². The van der Waals surface area contributed by atoms with Crippen LogP contribution in [0.2, 0.25) is 0 Å². The zero-order valence-corrected chi connectivity index (χ0v) is 13.1. The lowest BCUT2D eigenvalue weighted by Gasteiger charge is -2.20. The van der Waals surface area contributed by atoms with Crippen molar-refractivity contribution < 1.29 is 19.5 Å². The Balaban J connectivity index is 1.74. The summed E-state index contributed by atoms with van der Waals surface area (Å²) < 4.78 is 0.